The minimum Gasteiger partial charge on any atom is -0.387 e. The summed E-state index contributed by atoms with van der Waals surface area (Å²) in [5.41, 5.74) is 7.01. The van der Waals surface area contributed by atoms with Crippen molar-refractivity contribution in [3.8, 4) is 0 Å². The van der Waals surface area contributed by atoms with Gasteiger partial charge in [0, 0.05) is 12.1 Å². The minimum absolute atomic E-state index is 0.0256. The van der Waals surface area contributed by atoms with Gasteiger partial charge >= 0.3 is 0 Å². The molecule has 86 valence electrons. The largest absolute Gasteiger partial charge is 0.387 e. The number of rotatable bonds is 1. The normalized spacial score (nSPS) is 24.6. The molecule has 0 heterocycles. The van der Waals surface area contributed by atoms with Crippen molar-refractivity contribution in [3.63, 3.8) is 0 Å². The predicted octanol–water partition coefficient (Wildman–Crippen LogP) is 1.29. The SMILES string of the molecule is N[C@H]1CCCc2cccc([N+](=O)[O-])c2[C@@H]1O. The molecule has 16 heavy (non-hydrogen) atoms. The smallest absolute Gasteiger partial charge is 0.275 e. The van der Waals surface area contributed by atoms with E-state index in [0.29, 0.717) is 12.0 Å². The first-order valence-electron chi connectivity index (χ1n) is 5.31. The fourth-order valence-electron chi connectivity index (χ4n) is 2.22. The van der Waals surface area contributed by atoms with Gasteiger partial charge in [-0.25, -0.2) is 0 Å². The van der Waals surface area contributed by atoms with Gasteiger partial charge in [-0.15, -0.1) is 0 Å². The summed E-state index contributed by atoms with van der Waals surface area (Å²) >= 11 is 0. The molecule has 0 bridgehead atoms. The second-order valence-corrected chi connectivity index (χ2v) is 4.11. The zero-order chi connectivity index (χ0) is 11.7. The second kappa shape index (κ2) is 4.19. The van der Waals surface area contributed by atoms with Crippen LogP contribution in [0.5, 0.6) is 0 Å². The Hall–Kier alpha value is -1.46. The zero-order valence-electron chi connectivity index (χ0n) is 8.80. The molecule has 0 saturated carbocycles. The first-order valence-corrected chi connectivity index (χ1v) is 5.31. The molecular formula is C11H14N2O3. The lowest BCUT2D eigenvalue weighted by molar-refractivity contribution is -0.386. The van der Waals surface area contributed by atoms with Crippen molar-refractivity contribution in [2.24, 2.45) is 5.73 Å². The number of aliphatic hydroxyl groups excluding tert-OH is 1. The lowest BCUT2D eigenvalue weighted by Gasteiger charge is -2.17. The highest BCUT2D eigenvalue weighted by atomic mass is 16.6. The van der Waals surface area contributed by atoms with Crippen LogP contribution in [0, 0.1) is 10.1 Å². The molecule has 1 aliphatic carbocycles. The van der Waals surface area contributed by atoms with Gasteiger partial charge in [-0.05, 0) is 24.8 Å². The highest BCUT2D eigenvalue weighted by Gasteiger charge is 2.29. The van der Waals surface area contributed by atoms with Crippen molar-refractivity contribution in [3.05, 3.63) is 39.4 Å². The van der Waals surface area contributed by atoms with Crippen molar-refractivity contribution >= 4 is 5.69 Å². The summed E-state index contributed by atoms with van der Waals surface area (Å²) in [6.07, 6.45) is 1.35. The standard InChI is InChI=1S/C11H14N2O3/c12-8-5-1-3-7-4-2-6-9(13(15)16)10(7)11(8)14/h2,4,6,8,11,14H,1,3,5,12H2/t8-,11+/m0/s1. The van der Waals surface area contributed by atoms with E-state index in [4.69, 9.17) is 5.73 Å². The molecule has 2 atom stereocenters. The second-order valence-electron chi connectivity index (χ2n) is 4.11. The molecule has 0 amide bonds. The Morgan fingerprint density at radius 1 is 1.50 bits per heavy atom. The summed E-state index contributed by atoms with van der Waals surface area (Å²) < 4.78 is 0. The molecule has 1 aromatic rings. The van der Waals surface area contributed by atoms with Crippen LogP contribution in [-0.2, 0) is 6.42 Å². The maximum atomic E-state index is 10.9. The van der Waals surface area contributed by atoms with Crippen molar-refractivity contribution in [2.45, 2.75) is 31.4 Å². The predicted molar refractivity (Wildman–Crippen MR) is 59.0 cm³/mol. The van der Waals surface area contributed by atoms with E-state index in [9.17, 15) is 15.2 Å². The van der Waals surface area contributed by atoms with Gasteiger partial charge < -0.3 is 10.8 Å². The topological polar surface area (TPSA) is 89.4 Å². The number of aliphatic hydroxyl groups is 1. The van der Waals surface area contributed by atoms with E-state index in [0.717, 1.165) is 18.4 Å². The van der Waals surface area contributed by atoms with Crippen LogP contribution in [-0.4, -0.2) is 16.1 Å². The van der Waals surface area contributed by atoms with Gasteiger partial charge in [0.25, 0.3) is 5.69 Å². The van der Waals surface area contributed by atoms with E-state index in [1.165, 1.54) is 6.07 Å². The summed E-state index contributed by atoms with van der Waals surface area (Å²) in [5, 5.41) is 20.9. The van der Waals surface area contributed by atoms with Crippen LogP contribution in [0.3, 0.4) is 0 Å². The van der Waals surface area contributed by atoms with E-state index >= 15 is 0 Å². The Labute approximate surface area is 93.0 Å². The molecule has 0 fully saturated rings. The first kappa shape index (κ1) is 11.0. The Bertz CT molecular complexity index is 420. The van der Waals surface area contributed by atoms with Crippen LogP contribution in [0.2, 0.25) is 0 Å². The third-order valence-electron chi connectivity index (χ3n) is 3.05. The average Bonchev–Trinajstić information content (AvgIpc) is 2.40. The van der Waals surface area contributed by atoms with Crippen LogP contribution in [0.4, 0.5) is 5.69 Å². The zero-order valence-corrected chi connectivity index (χ0v) is 8.80. The molecular weight excluding hydrogens is 208 g/mol. The van der Waals surface area contributed by atoms with Gasteiger partial charge in [-0.2, -0.15) is 0 Å². The van der Waals surface area contributed by atoms with Crippen molar-refractivity contribution in [1.82, 2.24) is 0 Å². The molecule has 0 saturated heterocycles. The Balaban J connectivity index is 2.57. The van der Waals surface area contributed by atoms with Crippen molar-refractivity contribution in [2.75, 3.05) is 0 Å². The van der Waals surface area contributed by atoms with Gasteiger partial charge in [0.15, 0.2) is 0 Å². The number of nitrogens with two attached hydrogens (primary N) is 1. The van der Waals surface area contributed by atoms with Gasteiger partial charge in [0.05, 0.1) is 10.5 Å². The molecule has 1 aromatic carbocycles. The molecule has 2 rings (SSSR count). The Morgan fingerprint density at radius 2 is 2.25 bits per heavy atom. The van der Waals surface area contributed by atoms with Gasteiger partial charge in [-0.3, -0.25) is 10.1 Å². The minimum atomic E-state index is -0.931. The number of nitrogens with zero attached hydrogens (tertiary/aromatic N) is 1. The highest BCUT2D eigenvalue weighted by Crippen LogP contribution is 2.34. The van der Waals surface area contributed by atoms with Crippen molar-refractivity contribution in [1.29, 1.82) is 0 Å². The Morgan fingerprint density at radius 3 is 2.94 bits per heavy atom. The summed E-state index contributed by atoms with van der Waals surface area (Å²) in [7, 11) is 0. The highest BCUT2D eigenvalue weighted by molar-refractivity contribution is 5.48. The van der Waals surface area contributed by atoms with E-state index in [1.54, 1.807) is 6.07 Å². The molecule has 1 aliphatic rings. The molecule has 5 heteroatoms. The summed E-state index contributed by atoms with van der Waals surface area (Å²) in [4.78, 5) is 10.4. The number of aryl methyl sites for hydroxylation is 1. The van der Waals surface area contributed by atoms with E-state index in [1.807, 2.05) is 6.07 Å². The average molecular weight is 222 g/mol. The number of benzene rings is 1. The van der Waals surface area contributed by atoms with Gasteiger partial charge in [0.1, 0.15) is 6.10 Å². The molecule has 0 aromatic heterocycles. The van der Waals surface area contributed by atoms with E-state index < -0.39 is 17.1 Å². The summed E-state index contributed by atoms with van der Waals surface area (Å²) in [6, 6.07) is 4.48. The maximum absolute atomic E-state index is 10.9. The molecule has 3 N–H and O–H groups in total. The van der Waals surface area contributed by atoms with E-state index in [-0.39, 0.29) is 5.69 Å². The lowest BCUT2D eigenvalue weighted by atomic mass is 9.97. The van der Waals surface area contributed by atoms with E-state index in [2.05, 4.69) is 0 Å². The molecule has 5 nitrogen and oxygen atoms in total. The molecule has 0 radical (unpaired) electrons. The van der Waals surface area contributed by atoms with Crippen LogP contribution >= 0.6 is 0 Å². The third-order valence-corrected chi connectivity index (χ3v) is 3.05. The molecule has 0 unspecified atom stereocenters. The molecule has 0 spiro atoms. The number of fused-ring (bicyclic) bond motifs is 1. The fourth-order valence-corrected chi connectivity index (χ4v) is 2.22. The summed E-state index contributed by atoms with van der Waals surface area (Å²) in [6.45, 7) is 0. The van der Waals surface area contributed by atoms with Crippen LogP contribution in [0.15, 0.2) is 18.2 Å². The first-order chi connectivity index (χ1) is 7.61. The number of hydrogen-bond acceptors (Lipinski definition) is 4. The number of nitro groups is 1. The van der Waals surface area contributed by atoms with Gasteiger partial charge in [0.2, 0.25) is 0 Å². The van der Waals surface area contributed by atoms with Gasteiger partial charge in [-0.1, -0.05) is 12.1 Å². The van der Waals surface area contributed by atoms with Crippen LogP contribution in [0.25, 0.3) is 0 Å². The Kier molecular flexibility index (Phi) is 2.89. The quantitative estimate of drug-likeness (QED) is 0.425. The molecule has 0 aliphatic heterocycles. The van der Waals surface area contributed by atoms with Crippen molar-refractivity contribution < 1.29 is 10.0 Å². The third kappa shape index (κ3) is 1.79. The van der Waals surface area contributed by atoms with Crippen LogP contribution in [0.1, 0.15) is 30.1 Å². The summed E-state index contributed by atoms with van der Waals surface area (Å²) in [5.74, 6) is 0. The maximum Gasteiger partial charge on any atom is 0.275 e. The number of hydrogen-bond donors (Lipinski definition) is 2. The fraction of sp³-hybridized carbons (Fsp3) is 0.455. The lowest BCUT2D eigenvalue weighted by Crippen LogP contribution is -2.27. The monoisotopic (exact) mass is 222 g/mol. The number of nitro benzene ring substituents is 1. The van der Waals surface area contributed by atoms with Crippen LogP contribution < -0.4 is 5.73 Å².